The van der Waals surface area contributed by atoms with Crippen LogP contribution in [0, 0.1) is 5.92 Å². The van der Waals surface area contributed by atoms with Crippen LogP contribution in [0.2, 0.25) is 0 Å². The second-order valence-corrected chi connectivity index (χ2v) is 5.66. The Hall–Kier alpha value is -0.120. The third kappa shape index (κ3) is 6.17. The molecule has 108 valence electrons. The number of hydrogen-bond acceptors (Lipinski definition) is 3. The maximum absolute atomic E-state index is 8.72. The molecule has 1 heterocycles. The second kappa shape index (κ2) is 9.76. The summed E-state index contributed by atoms with van der Waals surface area (Å²) in [6.07, 6.45) is 7.43. The molecule has 0 aromatic rings. The first-order valence-corrected chi connectivity index (χ1v) is 7.84. The number of nitrogens with one attached hydrogen (secondary N) is 1. The molecule has 0 aromatic carbocycles. The summed E-state index contributed by atoms with van der Waals surface area (Å²) < 4.78 is 0. The van der Waals surface area contributed by atoms with Gasteiger partial charge in [-0.25, -0.2) is 0 Å². The van der Waals surface area contributed by atoms with Gasteiger partial charge in [0.05, 0.1) is 0 Å². The van der Waals surface area contributed by atoms with Crippen molar-refractivity contribution in [1.29, 1.82) is 0 Å². The molecule has 0 spiro atoms. The summed E-state index contributed by atoms with van der Waals surface area (Å²) >= 11 is 0. The van der Waals surface area contributed by atoms with Crippen molar-refractivity contribution < 1.29 is 5.11 Å². The lowest BCUT2D eigenvalue weighted by atomic mass is 9.90. The van der Waals surface area contributed by atoms with Crippen molar-refractivity contribution in [3.63, 3.8) is 0 Å². The number of unbranched alkanes of at least 4 members (excludes halogenated alkanes) is 3. The molecule has 0 saturated carbocycles. The third-order valence-electron chi connectivity index (χ3n) is 4.25. The molecule has 0 aromatic heterocycles. The largest absolute Gasteiger partial charge is 0.396 e. The Bertz CT molecular complexity index is 191. The third-order valence-corrected chi connectivity index (χ3v) is 4.25. The minimum Gasteiger partial charge on any atom is -0.396 e. The van der Waals surface area contributed by atoms with Crippen molar-refractivity contribution in [2.24, 2.45) is 5.92 Å². The molecule has 1 fully saturated rings. The normalized spacial score (nSPS) is 20.2. The number of piperidine rings is 1. The van der Waals surface area contributed by atoms with E-state index in [2.05, 4.69) is 24.1 Å². The molecule has 3 nitrogen and oxygen atoms in total. The van der Waals surface area contributed by atoms with Crippen molar-refractivity contribution >= 4 is 0 Å². The van der Waals surface area contributed by atoms with Gasteiger partial charge in [-0.05, 0) is 64.7 Å². The fourth-order valence-electron chi connectivity index (χ4n) is 2.97. The molecule has 1 rings (SSSR count). The van der Waals surface area contributed by atoms with Crippen molar-refractivity contribution in [2.75, 3.05) is 32.8 Å². The van der Waals surface area contributed by atoms with Gasteiger partial charge in [0.25, 0.3) is 0 Å². The van der Waals surface area contributed by atoms with Gasteiger partial charge in [-0.2, -0.15) is 0 Å². The Kier molecular flexibility index (Phi) is 8.64. The van der Waals surface area contributed by atoms with Crippen LogP contribution in [0.25, 0.3) is 0 Å². The minimum atomic E-state index is 0.355. The van der Waals surface area contributed by atoms with E-state index in [1.807, 2.05) is 0 Å². The van der Waals surface area contributed by atoms with E-state index in [-0.39, 0.29) is 0 Å². The predicted molar refractivity (Wildman–Crippen MR) is 77.9 cm³/mol. The van der Waals surface area contributed by atoms with Crippen molar-refractivity contribution in [3.05, 3.63) is 0 Å². The molecule has 0 bridgehead atoms. The summed E-state index contributed by atoms with van der Waals surface area (Å²) in [7, 11) is 0. The van der Waals surface area contributed by atoms with Crippen molar-refractivity contribution in [2.45, 2.75) is 58.4 Å². The highest BCUT2D eigenvalue weighted by Gasteiger charge is 2.22. The molecule has 1 saturated heterocycles. The van der Waals surface area contributed by atoms with Crippen LogP contribution in [-0.2, 0) is 0 Å². The van der Waals surface area contributed by atoms with Crippen LogP contribution in [0.3, 0.4) is 0 Å². The number of aliphatic hydroxyl groups excluding tert-OH is 1. The van der Waals surface area contributed by atoms with Crippen LogP contribution in [0.1, 0.15) is 52.4 Å². The van der Waals surface area contributed by atoms with E-state index in [1.165, 1.54) is 51.7 Å². The van der Waals surface area contributed by atoms with Gasteiger partial charge in [-0.15, -0.1) is 0 Å². The average Bonchev–Trinajstić information content (AvgIpc) is 2.39. The molecule has 0 amide bonds. The van der Waals surface area contributed by atoms with Crippen LogP contribution in [0.15, 0.2) is 0 Å². The zero-order valence-electron chi connectivity index (χ0n) is 12.3. The van der Waals surface area contributed by atoms with Crippen LogP contribution in [-0.4, -0.2) is 48.8 Å². The van der Waals surface area contributed by atoms with Crippen LogP contribution < -0.4 is 5.32 Å². The average molecular weight is 256 g/mol. The molecule has 1 aliphatic rings. The minimum absolute atomic E-state index is 0.355. The first-order valence-electron chi connectivity index (χ1n) is 7.84. The van der Waals surface area contributed by atoms with Gasteiger partial charge in [0.15, 0.2) is 0 Å². The van der Waals surface area contributed by atoms with Gasteiger partial charge in [0.2, 0.25) is 0 Å². The lowest BCUT2D eigenvalue weighted by Crippen LogP contribution is -2.42. The molecule has 0 aliphatic carbocycles. The van der Waals surface area contributed by atoms with E-state index < -0.39 is 0 Å². The highest BCUT2D eigenvalue weighted by Crippen LogP contribution is 2.20. The zero-order chi connectivity index (χ0) is 13.2. The molecule has 1 aliphatic heterocycles. The summed E-state index contributed by atoms with van der Waals surface area (Å²) in [4.78, 5) is 2.62. The molecular weight excluding hydrogens is 224 g/mol. The lowest BCUT2D eigenvalue weighted by Gasteiger charge is -2.35. The van der Waals surface area contributed by atoms with Crippen molar-refractivity contribution in [3.8, 4) is 0 Å². The first-order chi connectivity index (χ1) is 8.77. The zero-order valence-corrected chi connectivity index (χ0v) is 12.3. The Morgan fingerprint density at radius 3 is 2.44 bits per heavy atom. The van der Waals surface area contributed by atoms with E-state index in [0.717, 1.165) is 18.9 Å². The van der Waals surface area contributed by atoms with Gasteiger partial charge in [-0.1, -0.05) is 19.8 Å². The van der Waals surface area contributed by atoms with E-state index in [9.17, 15) is 0 Å². The maximum atomic E-state index is 8.72. The molecular formula is C15H32N2O. The molecule has 2 N–H and O–H groups in total. The topological polar surface area (TPSA) is 35.5 Å². The van der Waals surface area contributed by atoms with Crippen LogP contribution >= 0.6 is 0 Å². The van der Waals surface area contributed by atoms with Gasteiger partial charge >= 0.3 is 0 Å². The quantitative estimate of drug-likeness (QED) is 0.621. The fourth-order valence-corrected chi connectivity index (χ4v) is 2.97. The number of rotatable bonds is 9. The SMILES string of the molecule is CCNC(C)C1CCN(CCCCCCO)CC1. The fraction of sp³-hybridized carbons (Fsp3) is 1.00. The number of aliphatic hydroxyl groups is 1. The van der Waals surface area contributed by atoms with Crippen LogP contribution in [0.5, 0.6) is 0 Å². The van der Waals surface area contributed by atoms with Crippen molar-refractivity contribution in [1.82, 2.24) is 10.2 Å². The Morgan fingerprint density at radius 1 is 1.17 bits per heavy atom. The highest BCUT2D eigenvalue weighted by atomic mass is 16.2. The van der Waals surface area contributed by atoms with Gasteiger partial charge in [-0.3, -0.25) is 0 Å². The summed E-state index contributed by atoms with van der Waals surface area (Å²) in [6, 6.07) is 0.682. The van der Waals surface area contributed by atoms with E-state index in [0.29, 0.717) is 12.6 Å². The second-order valence-electron chi connectivity index (χ2n) is 5.66. The number of nitrogens with zero attached hydrogens (tertiary/aromatic N) is 1. The smallest absolute Gasteiger partial charge is 0.0431 e. The van der Waals surface area contributed by atoms with Crippen LogP contribution in [0.4, 0.5) is 0 Å². The standard InChI is InChI=1S/C15H32N2O/c1-3-16-14(2)15-8-11-17(12-9-15)10-6-4-5-7-13-18/h14-16,18H,3-13H2,1-2H3. The summed E-state index contributed by atoms with van der Waals surface area (Å²) in [5, 5.41) is 12.3. The monoisotopic (exact) mass is 256 g/mol. The maximum Gasteiger partial charge on any atom is 0.0431 e. The molecule has 3 heteroatoms. The van der Waals surface area contributed by atoms with Gasteiger partial charge in [0, 0.05) is 12.6 Å². The Morgan fingerprint density at radius 2 is 1.83 bits per heavy atom. The molecule has 0 radical (unpaired) electrons. The summed E-state index contributed by atoms with van der Waals surface area (Å²) in [5.74, 6) is 0.871. The van der Waals surface area contributed by atoms with E-state index >= 15 is 0 Å². The predicted octanol–water partition coefficient (Wildman–Crippen LogP) is 2.25. The highest BCUT2D eigenvalue weighted by molar-refractivity contribution is 4.79. The summed E-state index contributed by atoms with van der Waals surface area (Å²) in [6.45, 7) is 9.78. The van der Waals surface area contributed by atoms with Gasteiger partial charge in [0.1, 0.15) is 0 Å². The van der Waals surface area contributed by atoms with E-state index in [1.54, 1.807) is 0 Å². The first kappa shape index (κ1) is 15.9. The Labute approximate surface area is 113 Å². The Balaban J connectivity index is 2.04. The summed E-state index contributed by atoms with van der Waals surface area (Å²) in [5.41, 5.74) is 0. The molecule has 1 unspecified atom stereocenters. The molecule has 18 heavy (non-hydrogen) atoms. The number of hydrogen-bond donors (Lipinski definition) is 2. The lowest BCUT2D eigenvalue weighted by molar-refractivity contribution is 0.160. The van der Waals surface area contributed by atoms with Gasteiger partial charge < -0.3 is 15.3 Å². The van der Waals surface area contributed by atoms with E-state index in [4.69, 9.17) is 5.11 Å². The number of likely N-dealkylation sites (tertiary alicyclic amines) is 1. The molecule has 1 atom stereocenters.